The van der Waals surface area contributed by atoms with Crippen LogP contribution in [0.4, 0.5) is 5.69 Å². The Labute approximate surface area is 159 Å². The highest BCUT2D eigenvalue weighted by molar-refractivity contribution is 5.80. The third kappa shape index (κ3) is 2.99. The lowest BCUT2D eigenvalue weighted by Crippen LogP contribution is -2.52. The van der Waals surface area contributed by atoms with Gasteiger partial charge in [0.2, 0.25) is 5.60 Å². The van der Waals surface area contributed by atoms with Crippen molar-refractivity contribution < 1.29 is 15.0 Å². The number of anilines is 1. The topological polar surface area (TPSA) is 76.9 Å². The minimum atomic E-state index is -2.01. The van der Waals surface area contributed by atoms with E-state index in [9.17, 15) is 15.0 Å². The molecule has 2 N–H and O–H groups in total. The maximum atomic E-state index is 12.1. The maximum Gasteiger partial charge on any atom is 0.342 e. The fraction of sp³-hybridized carbons (Fsp3) is 0.429. The molecule has 0 radical (unpaired) electrons. The zero-order chi connectivity index (χ0) is 19.2. The van der Waals surface area contributed by atoms with Crippen molar-refractivity contribution in [2.45, 2.75) is 30.9 Å². The number of aryl methyl sites for hydroxylation is 1. The molecule has 2 aromatic rings. The normalized spacial score (nSPS) is 24.2. The Kier molecular flexibility index (Phi) is 4.40. The number of rotatable bonds is 4. The molecule has 6 heteroatoms. The van der Waals surface area contributed by atoms with Crippen LogP contribution in [-0.4, -0.2) is 58.8 Å². The van der Waals surface area contributed by atoms with Gasteiger partial charge < -0.3 is 20.0 Å². The summed E-state index contributed by atoms with van der Waals surface area (Å²) in [6, 6.07) is 9.80. The van der Waals surface area contributed by atoms with Crippen LogP contribution in [-0.2, 0) is 10.4 Å². The third-order valence-electron chi connectivity index (χ3n) is 5.96. The van der Waals surface area contributed by atoms with Gasteiger partial charge >= 0.3 is 5.97 Å². The predicted octanol–water partition coefficient (Wildman–Crippen LogP) is 1.97. The van der Waals surface area contributed by atoms with Crippen LogP contribution in [0, 0.1) is 6.92 Å². The average molecular weight is 367 g/mol. The Morgan fingerprint density at radius 2 is 2.19 bits per heavy atom. The van der Waals surface area contributed by atoms with E-state index in [0.717, 1.165) is 25.2 Å². The van der Waals surface area contributed by atoms with Gasteiger partial charge in [-0.15, -0.1) is 0 Å². The first-order valence-corrected chi connectivity index (χ1v) is 9.32. The molecule has 3 atom stereocenters. The van der Waals surface area contributed by atoms with Gasteiger partial charge in [0.25, 0.3) is 0 Å². The fourth-order valence-electron chi connectivity index (χ4n) is 4.53. The number of likely N-dealkylation sites (tertiary alicyclic amines) is 1. The molecule has 1 saturated heterocycles. The number of hydrogen-bond donors (Lipinski definition) is 2. The molecule has 3 heterocycles. The molecule has 1 aromatic heterocycles. The number of carbonyl (C=O) groups is 1. The lowest BCUT2D eigenvalue weighted by Gasteiger charge is -2.40. The average Bonchev–Trinajstić information content (AvgIpc) is 2.94. The summed E-state index contributed by atoms with van der Waals surface area (Å²) >= 11 is 0. The summed E-state index contributed by atoms with van der Waals surface area (Å²) in [5.74, 6) is -0.925. The van der Waals surface area contributed by atoms with E-state index in [0.29, 0.717) is 11.5 Å². The molecule has 1 aromatic carbocycles. The molecule has 0 saturated carbocycles. The summed E-state index contributed by atoms with van der Waals surface area (Å²) in [6.07, 6.45) is 3.96. The number of aliphatic hydroxyl groups is 1. The monoisotopic (exact) mass is 367 g/mol. The van der Waals surface area contributed by atoms with Crippen LogP contribution < -0.4 is 4.90 Å². The molecule has 1 fully saturated rings. The summed E-state index contributed by atoms with van der Waals surface area (Å²) in [6.45, 7) is 3.99. The van der Waals surface area contributed by atoms with E-state index in [-0.39, 0.29) is 12.6 Å². The molecular formula is C21H25N3O3. The molecule has 0 amide bonds. The molecule has 4 rings (SSSR count). The number of piperidine rings is 1. The standard InChI is InChI=1S/C21H25N3O3/c1-14-5-6-18-16(10-14)17-12-23(2)9-7-19(17)24(18)13-21(27,20(25)26)15-4-3-8-22-11-15/h3-6,8,10-11,17,19,27H,7,9,12-13H2,1-2H3,(H,25,26). The van der Waals surface area contributed by atoms with Crippen molar-refractivity contribution in [1.82, 2.24) is 9.88 Å². The van der Waals surface area contributed by atoms with Crippen LogP contribution in [0.5, 0.6) is 0 Å². The van der Waals surface area contributed by atoms with Gasteiger partial charge in [-0.05, 0) is 44.6 Å². The van der Waals surface area contributed by atoms with Crippen LogP contribution in [0.3, 0.4) is 0 Å². The lowest BCUT2D eigenvalue weighted by atomic mass is 9.88. The predicted molar refractivity (Wildman–Crippen MR) is 103 cm³/mol. The highest BCUT2D eigenvalue weighted by Gasteiger charge is 2.47. The molecule has 0 bridgehead atoms. The summed E-state index contributed by atoms with van der Waals surface area (Å²) in [5, 5.41) is 21.0. The second kappa shape index (κ2) is 6.62. The Morgan fingerprint density at radius 3 is 2.89 bits per heavy atom. The molecule has 3 unspecified atom stereocenters. The van der Waals surface area contributed by atoms with Crippen molar-refractivity contribution in [3.63, 3.8) is 0 Å². The highest BCUT2D eigenvalue weighted by Crippen LogP contribution is 2.46. The quantitative estimate of drug-likeness (QED) is 0.860. The van der Waals surface area contributed by atoms with Gasteiger partial charge in [0.1, 0.15) is 0 Å². The molecule has 27 heavy (non-hydrogen) atoms. The summed E-state index contributed by atoms with van der Waals surface area (Å²) in [4.78, 5) is 20.5. The summed E-state index contributed by atoms with van der Waals surface area (Å²) in [7, 11) is 2.12. The number of nitrogens with zero attached hydrogens (tertiary/aromatic N) is 3. The second-order valence-electron chi connectivity index (χ2n) is 7.82. The van der Waals surface area contributed by atoms with Crippen molar-refractivity contribution in [2.24, 2.45) is 0 Å². The van der Waals surface area contributed by atoms with Crippen LogP contribution >= 0.6 is 0 Å². The fourth-order valence-corrected chi connectivity index (χ4v) is 4.53. The first-order valence-electron chi connectivity index (χ1n) is 9.32. The van der Waals surface area contributed by atoms with Gasteiger partial charge in [0.05, 0.1) is 6.54 Å². The largest absolute Gasteiger partial charge is 0.479 e. The van der Waals surface area contributed by atoms with E-state index in [1.165, 1.54) is 17.3 Å². The number of fused-ring (bicyclic) bond motifs is 3. The molecule has 6 nitrogen and oxygen atoms in total. The molecule has 2 aliphatic heterocycles. The van der Waals surface area contributed by atoms with Crippen molar-refractivity contribution in [3.8, 4) is 0 Å². The van der Waals surface area contributed by atoms with E-state index >= 15 is 0 Å². The third-order valence-corrected chi connectivity index (χ3v) is 5.96. The summed E-state index contributed by atoms with van der Waals surface area (Å²) < 4.78 is 0. The number of benzene rings is 1. The molecule has 142 valence electrons. The van der Waals surface area contributed by atoms with Gasteiger partial charge in [-0.1, -0.05) is 23.8 Å². The van der Waals surface area contributed by atoms with Gasteiger partial charge in [0, 0.05) is 42.1 Å². The Balaban J connectivity index is 1.75. The zero-order valence-electron chi connectivity index (χ0n) is 15.7. The van der Waals surface area contributed by atoms with E-state index in [4.69, 9.17) is 0 Å². The van der Waals surface area contributed by atoms with Crippen LogP contribution in [0.15, 0.2) is 42.7 Å². The molecule has 0 spiro atoms. The van der Waals surface area contributed by atoms with E-state index in [1.807, 2.05) is 0 Å². The van der Waals surface area contributed by atoms with Gasteiger partial charge in [-0.3, -0.25) is 4.98 Å². The number of pyridine rings is 1. The zero-order valence-corrected chi connectivity index (χ0v) is 15.7. The number of hydrogen-bond acceptors (Lipinski definition) is 5. The Morgan fingerprint density at radius 1 is 1.37 bits per heavy atom. The maximum absolute atomic E-state index is 12.1. The summed E-state index contributed by atoms with van der Waals surface area (Å²) in [5.41, 5.74) is 1.79. The second-order valence-corrected chi connectivity index (χ2v) is 7.82. The van der Waals surface area contributed by atoms with Crippen molar-refractivity contribution in [1.29, 1.82) is 0 Å². The highest BCUT2D eigenvalue weighted by atomic mass is 16.4. The number of β-amino-alcohol motifs (C(OH)–C–C–N with tert-alkyl or cyclic N) is 1. The Bertz CT molecular complexity index is 857. The number of aromatic nitrogens is 1. The van der Waals surface area contributed by atoms with Crippen molar-refractivity contribution in [3.05, 3.63) is 59.4 Å². The van der Waals surface area contributed by atoms with Gasteiger partial charge in [-0.25, -0.2) is 4.79 Å². The molecule has 0 aliphatic carbocycles. The van der Waals surface area contributed by atoms with E-state index in [2.05, 4.69) is 47.0 Å². The minimum Gasteiger partial charge on any atom is -0.479 e. The first kappa shape index (κ1) is 17.9. The van der Waals surface area contributed by atoms with Gasteiger partial charge in [-0.2, -0.15) is 0 Å². The minimum absolute atomic E-state index is 0.00890. The van der Waals surface area contributed by atoms with Gasteiger partial charge in [0.15, 0.2) is 0 Å². The number of carboxylic acid groups (broad SMARTS) is 1. The lowest BCUT2D eigenvalue weighted by molar-refractivity contribution is -0.158. The van der Waals surface area contributed by atoms with Crippen molar-refractivity contribution in [2.75, 3.05) is 31.6 Å². The van der Waals surface area contributed by atoms with E-state index < -0.39 is 11.6 Å². The number of aliphatic carboxylic acids is 1. The van der Waals surface area contributed by atoms with Crippen LogP contribution in [0.2, 0.25) is 0 Å². The van der Waals surface area contributed by atoms with Crippen molar-refractivity contribution >= 4 is 11.7 Å². The van der Waals surface area contributed by atoms with E-state index in [1.54, 1.807) is 18.3 Å². The smallest absolute Gasteiger partial charge is 0.342 e. The Hall–Kier alpha value is -2.44. The first-order chi connectivity index (χ1) is 12.9. The molecule has 2 aliphatic rings. The number of carboxylic acids is 1. The SMILES string of the molecule is Cc1ccc2c(c1)C1CN(C)CCC1N2CC(O)(C(=O)O)c1cccnc1. The van der Waals surface area contributed by atoms with Crippen LogP contribution in [0.25, 0.3) is 0 Å². The number of likely N-dealkylation sites (N-methyl/N-ethyl adjacent to an activating group) is 1. The molecular weight excluding hydrogens is 342 g/mol. The van der Waals surface area contributed by atoms with Crippen LogP contribution in [0.1, 0.15) is 29.0 Å².